The minimum atomic E-state index is -0.215. The molecule has 24 heavy (non-hydrogen) atoms. The average molecular weight is 346 g/mol. The summed E-state index contributed by atoms with van der Waals surface area (Å²) in [6.45, 7) is 5.08. The van der Waals surface area contributed by atoms with Crippen molar-refractivity contribution in [3.8, 4) is 0 Å². The monoisotopic (exact) mass is 346 g/mol. The third-order valence-electron chi connectivity index (χ3n) is 3.87. The summed E-state index contributed by atoms with van der Waals surface area (Å²) in [5, 5.41) is 9.63. The Labute approximate surface area is 146 Å². The van der Waals surface area contributed by atoms with Crippen molar-refractivity contribution in [2.45, 2.75) is 20.4 Å². The van der Waals surface area contributed by atoms with Gasteiger partial charge in [-0.15, -0.1) is 0 Å². The highest BCUT2D eigenvalue weighted by molar-refractivity contribution is 7.07. The highest BCUT2D eigenvalue weighted by Gasteiger charge is 2.12. The van der Waals surface area contributed by atoms with Crippen molar-refractivity contribution in [1.29, 1.82) is 0 Å². The first kappa shape index (κ1) is 18.2. The Bertz CT molecular complexity index is 698. The van der Waals surface area contributed by atoms with Gasteiger partial charge < -0.3 is 15.5 Å². The number of rotatable bonds is 7. The molecule has 3 N–H and O–H groups in total. The Kier molecular flexibility index (Phi) is 6.52. The topological polar surface area (TPSA) is 62.6 Å². The summed E-state index contributed by atoms with van der Waals surface area (Å²) >= 11 is 1.65. The lowest BCUT2D eigenvalue weighted by atomic mass is 10.1. The SMILES string of the molecule is Cc1cccc(NC(=O)CNC(=O)C[NH+](C)Cc2ccsc2)c1C. The van der Waals surface area contributed by atoms with Crippen molar-refractivity contribution < 1.29 is 14.5 Å². The van der Waals surface area contributed by atoms with Crippen molar-refractivity contribution in [1.82, 2.24) is 5.32 Å². The van der Waals surface area contributed by atoms with Crippen molar-refractivity contribution in [2.24, 2.45) is 0 Å². The van der Waals surface area contributed by atoms with Crippen molar-refractivity contribution in [3.05, 3.63) is 51.7 Å². The van der Waals surface area contributed by atoms with Crippen molar-refractivity contribution in [2.75, 3.05) is 25.5 Å². The number of hydrogen-bond donors (Lipinski definition) is 3. The molecule has 0 saturated carbocycles. The zero-order chi connectivity index (χ0) is 17.5. The molecule has 0 saturated heterocycles. The van der Waals surface area contributed by atoms with Gasteiger partial charge >= 0.3 is 0 Å². The largest absolute Gasteiger partial charge is 0.342 e. The lowest BCUT2D eigenvalue weighted by Gasteiger charge is -2.13. The Morgan fingerprint density at radius 3 is 2.67 bits per heavy atom. The molecule has 0 radical (unpaired) electrons. The molecule has 1 aromatic heterocycles. The van der Waals surface area contributed by atoms with Crippen molar-refractivity contribution >= 4 is 28.8 Å². The molecule has 0 bridgehead atoms. The maximum absolute atomic E-state index is 12.0. The number of likely N-dealkylation sites (N-methyl/N-ethyl adjacent to an activating group) is 1. The Morgan fingerprint density at radius 1 is 1.17 bits per heavy atom. The van der Waals surface area contributed by atoms with Crippen LogP contribution in [-0.2, 0) is 16.1 Å². The van der Waals surface area contributed by atoms with E-state index in [0.29, 0.717) is 6.54 Å². The van der Waals surface area contributed by atoms with Gasteiger partial charge in [-0.3, -0.25) is 9.59 Å². The first-order chi connectivity index (χ1) is 11.5. The summed E-state index contributed by atoms with van der Waals surface area (Å²) in [5.74, 6) is -0.341. The van der Waals surface area contributed by atoms with E-state index in [1.165, 1.54) is 5.56 Å². The van der Waals surface area contributed by atoms with Gasteiger partial charge in [-0.05, 0) is 47.9 Å². The van der Waals surface area contributed by atoms with Crippen LogP contribution < -0.4 is 15.5 Å². The minimum Gasteiger partial charge on any atom is -0.342 e. The second-order valence-corrected chi connectivity index (χ2v) is 6.79. The summed E-state index contributed by atoms with van der Waals surface area (Å²) in [4.78, 5) is 25.0. The standard InChI is InChI=1S/C18H23N3O2S/c1-13-5-4-6-16(14(13)2)20-17(22)9-19-18(23)11-21(3)10-15-7-8-24-12-15/h4-8,12H,9-11H2,1-3H3,(H,19,23)(H,20,22)/p+1. The van der Waals surface area contributed by atoms with Crippen LogP contribution in [0.2, 0.25) is 0 Å². The molecule has 1 heterocycles. The van der Waals surface area contributed by atoms with E-state index in [2.05, 4.69) is 22.1 Å². The number of amides is 2. The molecular formula is C18H24N3O2S+. The summed E-state index contributed by atoms with van der Waals surface area (Å²) < 4.78 is 0. The van der Waals surface area contributed by atoms with Crippen LogP contribution in [0.5, 0.6) is 0 Å². The fourth-order valence-corrected chi connectivity index (χ4v) is 3.07. The van der Waals surface area contributed by atoms with Crippen LogP contribution in [0, 0.1) is 13.8 Å². The molecule has 2 rings (SSSR count). The molecule has 2 aromatic rings. The fourth-order valence-electron chi connectivity index (χ4n) is 2.40. The number of carbonyl (C=O) groups excluding carboxylic acids is 2. The molecule has 1 aromatic carbocycles. The third-order valence-corrected chi connectivity index (χ3v) is 4.61. The molecule has 5 nitrogen and oxygen atoms in total. The van der Waals surface area contributed by atoms with Gasteiger partial charge in [-0.2, -0.15) is 11.3 Å². The molecule has 6 heteroatoms. The zero-order valence-electron chi connectivity index (χ0n) is 14.3. The van der Waals surface area contributed by atoms with E-state index < -0.39 is 0 Å². The highest BCUT2D eigenvalue weighted by Crippen LogP contribution is 2.17. The van der Waals surface area contributed by atoms with E-state index in [4.69, 9.17) is 0 Å². The van der Waals surface area contributed by atoms with Gasteiger partial charge in [0.25, 0.3) is 5.91 Å². The predicted molar refractivity (Wildman–Crippen MR) is 97.3 cm³/mol. The van der Waals surface area contributed by atoms with Crippen LogP contribution in [0.25, 0.3) is 0 Å². The molecule has 1 atom stereocenters. The lowest BCUT2D eigenvalue weighted by molar-refractivity contribution is -0.885. The third kappa shape index (κ3) is 5.47. The van der Waals surface area contributed by atoms with Gasteiger partial charge in [-0.1, -0.05) is 12.1 Å². The Balaban J connectivity index is 1.74. The maximum atomic E-state index is 12.0. The first-order valence-corrected chi connectivity index (χ1v) is 8.85. The van der Waals surface area contributed by atoms with Gasteiger partial charge in [0.1, 0.15) is 6.54 Å². The second kappa shape index (κ2) is 8.61. The number of benzene rings is 1. The van der Waals surface area contributed by atoms with Crippen LogP contribution in [-0.4, -0.2) is 32.0 Å². The quantitative estimate of drug-likeness (QED) is 0.704. The highest BCUT2D eigenvalue weighted by atomic mass is 32.1. The molecule has 0 spiro atoms. The summed E-state index contributed by atoms with van der Waals surface area (Å²) in [5.41, 5.74) is 4.17. The van der Waals surface area contributed by atoms with Crippen LogP contribution in [0.3, 0.4) is 0 Å². The number of quaternary nitrogens is 1. The van der Waals surface area contributed by atoms with Crippen molar-refractivity contribution in [3.63, 3.8) is 0 Å². The summed E-state index contributed by atoms with van der Waals surface area (Å²) in [6, 6.07) is 7.82. The molecular weight excluding hydrogens is 322 g/mol. The number of hydrogen-bond acceptors (Lipinski definition) is 3. The number of carbonyl (C=O) groups is 2. The second-order valence-electron chi connectivity index (χ2n) is 6.01. The molecule has 0 aliphatic heterocycles. The van der Waals surface area contributed by atoms with Crippen LogP contribution in [0.1, 0.15) is 16.7 Å². The first-order valence-electron chi connectivity index (χ1n) is 7.91. The maximum Gasteiger partial charge on any atom is 0.275 e. The molecule has 0 aliphatic rings. The Morgan fingerprint density at radius 2 is 1.96 bits per heavy atom. The smallest absolute Gasteiger partial charge is 0.275 e. The summed E-state index contributed by atoms with van der Waals surface area (Å²) in [6.07, 6.45) is 0. The lowest BCUT2D eigenvalue weighted by Crippen LogP contribution is -3.08. The number of aryl methyl sites for hydroxylation is 1. The number of thiophene rings is 1. The molecule has 0 aliphatic carbocycles. The van der Waals surface area contributed by atoms with Gasteiger partial charge in [0.2, 0.25) is 5.91 Å². The number of anilines is 1. The molecule has 0 fully saturated rings. The fraction of sp³-hybridized carbons (Fsp3) is 0.333. The van der Waals surface area contributed by atoms with Gasteiger partial charge in [0, 0.05) is 11.3 Å². The van der Waals surface area contributed by atoms with Gasteiger partial charge in [-0.25, -0.2) is 0 Å². The van der Waals surface area contributed by atoms with E-state index in [0.717, 1.165) is 28.3 Å². The zero-order valence-corrected chi connectivity index (χ0v) is 15.1. The van der Waals surface area contributed by atoms with Crippen LogP contribution >= 0.6 is 11.3 Å². The molecule has 2 amide bonds. The van der Waals surface area contributed by atoms with Gasteiger partial charge in [0.05, 0.1) is 13.6 Å². The van der Waals surface area contributed by atoms with E-state index >= 15 is 0 Å². The van der Waals surface area contributed by atoms with Gasteiger partial charge in [0.15, 0.2) is 6.54 Å². The van der Waals surface area contributed by atoms with Crippen LogP contribution in [0.4, 0.5) is 5.69 Å². The predicted octanol–water partition coefficient (Wildman–Crippen LogP) is 1.13. The average Bonchev–Trinajstić information content (AvgIpc) is 3.02. The van der Waals surface area contributed by atoms with Crippen LogP contribution in [0.15, 0.2) is 35.0 Å². The van der Waals surface area contributed by atoms with E-state index in [9.17, 15) is 9.59 Å². The molecule has 1 unspecified atom stereocenters. The van der Waals surface area contributed by atoms with E-state index in [1.54, 1.807) is 11.3 Å². The molecule has 128 valence electrons. The number of nitrogens with one attached hydrogen (secondary N) is 3. The van der Waals surface area contributed by atoms with E-state index in [-0.39, 0.29) is 18.4 Å². The normalized spacial score (nSPS) is 11.8. The minimum absolute atomic E-state index is 0.0159. The Hall–Kier alpha value is -2.18. The summed E-state index contributed by atoms with van der Waals surface area (Å²) in [7, 11) is 1.97. The van der Waals surface area contributed by atoms with E-state index in [1.807, 2.05) is 44.5 Å².